The van der Waals surface area contributed by atoms with Crippen molar-refractivity contribution in [3.05, 3.63) is 51.9 Å². The number of nitrogens with zero attached hydrogens (tertiary/aromatic N) is 6. The maximum atomic E-state index is 5.33. The van der Waals surface area contributed by atoms with Crippen molar-refractivity contribution in [1.82, 2.24) is 30.4 Å². The summed E-state index contributed by atoms with van der Waals surface area (Å²) in [6.45, 7) is 2.12. The molecule has 0 atom stereocenters. The van der Waals surface area contributed by atoms with Crippen molar-refractivity contribution in [2.75, 3.05) is 0 Å². The van der Waals surface area contributed by atoms with Gasteiger partial charge < -0.3 is 4.42 Å². The van der Waals surface area contributed by atoms with Gasteiger partial charge in [0.15, 0.2) is 5.82 Å². The van der Waals surface area contributed by atoms with Gasteiger partial charge in [0.25, 0.3) is 0 Å². The zero-order valence-electron chi connectivity index (χ0n) is 10.7. The van der Waals surface area contributed by atoms with Crippen molar-refractivity contribution >= 4 is 15.9 Å². The van der Waals surface area contributed by atoms with Crippen LogP contribution in [0.25, 0.3) is 0 Å². The predicted octanol–water partition coefficient (Wildman–Crippen LogP) is 1.77. The molecule has 0 unspecified atom stereocenters. The summed E-state index contributed by atoms with van der Waals surface area (Å²) in [4.78, 5) is 0. The zero-order valence-corrected chi connectivity index (χ0v) is 12.3. The Kier molecular flexibility index (Phi) is 3.55. The van der Waals surface area contributed by atoms with E-state index in [2.05, 4.69) is 41.7 Å². The van der Waals surface area contributed by atoms with E-state index in [-0.39, 0.29) is 0 Å². The lowest BCUT2D eigenvalue weighted by Crippen LogP contribution is -2.08. The maximum absolute atomic E-state index is 5.33. The first-order valence-corrected chi connectivity index (χ1v) is 6.78. The molecule has 0 amide bonds. The normalized spacial score (nSPS) is 10.9. The second-order valence-corrected chi connectivity index (χ2v) is 5.19. The third-order valence-electron chi connectivity index (χ3n) is 2.73. The van der Waals surface area contributed by atoms with Crippen LogP contribution in [0.3, 0.4) is 0 Å². The molecule has 0 saturated carbocycles. The number of halogens is 1. The van der Waals surface area contributed by atoms with Crippen molar-refractivity contribution in [3.8, 4) is 0 Å². The first kappa shape index (κ1) is 12.9. The fourth-order valence-corrected chi connectivity index (χ4v) is 2.05. The largest absolute Gasteiger partial charge is 0.424 e. The number of tetrazole rings is 1. The minimum atomic E-state index is 0.375. The minimum Gasteiger partial charge on any atom is -0.424 e. The zero-order chi connectivity index (χ0) is 13.9. The summed E-state index contributed by atoms with van der Waals surface area (Å²) < 4.78 is 8.04. The molecular formula is C12H11BrN6O. The molecule has 8 heteroatoms. The Labute approximate surface area is 123 Å². The van der Waals surface area contributed by atoms with E-state index >= 15 is 0 Å². The van der Waals surface area contributed by atoms with Gasteiger partial charge in [0.05, 0.1) is 0 Å². The number of aromatic nitrogens is 6. The third-order valence-corrected chi connectivity index (χ3v) is 3.26. The fraction of sp³-hybridized carbons (Fsp3) is 0.250. The molecule has 3 aromatic rings. The van der Waals surface area contributed by atoms with E-state index in [1.807, 2.05) is 24.3 Å². The van der Waals surface area contributed by atoms with Crippen LogP contribution in [-0.4, -0.2) is 30.4 Å². The van der Waals surface area contributed by atoms with Crippen LogP contribution in [0.4, 0.5) is 0 Å². The summed E-state index contributed by atoms with van der Waals surface area (Å²) in [5.74, 6) is 1.78. The Morgan fingerprint density at radius 3 is 2.65 bits per heavy atom. The number of hydrogen-bond donors (Lipinski definition) is 0. The number of aryl methyl sites for hydroxylation is 1. The highest BCUT2D eigenvalue weighted by Gasteiger charge is 2.11. The van der Waals surface area contributed by atoms with Gasteiger partial charge in [-0.15, -0.1) is 15.3 Å². The minimum absolute atomic E-state index is 0.375. The van der Waals surface area contributed by atoms with Crippen molar-refractivity contribution in [2.45, 2.75) is 19.9 Å². The summed E-state index contributed by atoms with van der Waals surface area (Å²) in [7, 11) is 0. The molecule has 0 aliphatic heterocycles. The lowest BCUT2D eigenvalue weighted by molar-refractivity contribution is 0.437. The molecule has 102 valence electrons. The number of hydrogen-bond acceptors (Lipinski definition) is 6. The van der Waals surface area contributed by atoms with Crippen LogP contribution in [0.1, 0.15) is 23.2 Å². The molecule has 0 saturated heterocycles. The third kappa shape index (κ3) is 2.90. The molecular weight excluding hydrogens is 324 g/mol. The highest BCUT2D eigenvalue weighted by Crippen LogP contribution is 2.13. The van der Waals surface area contributed by atoms with E-state index in [0.717, 1.165) is 15.9 Å². The number of rotatable bonds is 4. The Bertz CT molecular complexity index is 705. The lowest BCUT2D eigenvalue weighted by atomic mass is 10.1. The summed E-state index contributed by atoms with van der Waals surface area (Å²) in [5, 5.41) is 19.4. The van der Waals surface area contributed by atoms with Crippen LogP contribution in [-0.2, 0) is 13.0 Å². The molecule has 0 N–H and O–H groups in total. The van der Waals surface area contributed by atoms with Crippen LogP contribution in [0.5, 0.6) is 0 Å². The van der Waals surface area contributed by atoms with Crippen LogP contribution in [0.15, 0.2) is 33.2 Å². The molecule has 2 heterocycles. The van der Waals surface area contributed by atoms with Crippen molar-refractivity contribution in [2.24, 2.45) is 0 Å². The Morgan fingerprint density at radius 2 is 1.95 bits per heavy atom. The molecule has 0 bridgehead atoms. The van der Waals surface area contributed by atoms with Gasteiger partial charge in [0.1, 0.15) is 6.54 Å². The van der Waals surface area contributed by atoms with E-state index in [1.54, 1.807) is 11.6 Å². The van der Waals surface area contributed by atoms with Gasteiger partial charge in [-0.2, -0.15) is 0 Å². The lowest BCUT2D eigenvalue weighted by Gasteiger charge is -2.02. The second kappa shape index (κ2) is 5.49. The molecule has 0 fully saturated rings. The van der Waals surface area contributed by atoms with E-state index in [4.69, 9.17) is 4.42 Å². The average Bonchev–Trinajstić information content (AvgIpc) is 3.03. The molecule has 7 nitrogen and oxygen atoms in total. The van der Waals surface area contributed by atoms with Gasteiger partial charge in [-0.3, -0.25) is 0 Å². The first-order valence-electron chi connectivity index (χ1n) is 5.99. The monoisotopic (exact) mass is 334 g/mol. The summed E-state index contributed by atoms with van der Waals surface area (Å²) in [6, 6.07) is 8.04. The van der Waals surface area contributed by atoms with Gasteiger partial charge in [0.2, 0.25) is 11.8 Å². The Balaban J connectivity index is 1.78. The predicted molar refractivity (Wildman–Crippen MR) is 72.9 cm³/mol. The molecule has 0 aliphatic rings. The molecule has 2 aromatic heterocycles. The van der Waals surface area contributed by atoms with Gasteiger partial charge in [-0.1, -0.05) is 28.1 Å². The van der Waals surface area contributed by atoms with Crippen molar-refractivity contribution in [3.63, 3.8) is 0 Å². The molecule has 20 heavy (non-hydrogen) atoms. The first-order chi connectivity index (χ1) is 9.70. The molecule has 1 aromatic carbocycles. The topological polar surface area (TPSA) is 82.5 Å². The van der Waals surface area contributed by atoms with E-state index in [1.165, 1.54) is 0 Å². The molecule has 0 aliphatic carbocycles. The van der Waals surface area contributed by atoms with E-state index in [0.29, 0.717) is 24.7 Å². The van der Waals surface area contributed by atoms with Gasteiger partial charge in [-0.05, 0) is 28.1 Å². The SMILES string of the molecule is Cc1nnc(Cn2nnnc2Cc2ccc(Br)cc2)o1. The number of benzene rings is 1. The van der Waals surface area contributed by atoms with E-state index < -0.39 is 0 Å². The molecule has 0 radical (unpaired) electrons. The molecule has 3 rings (SSSR count). The second-order valence-electron chi connectivity index (χ2n) is 4.27. The highest BCUT2D eigenvalue weighted by atomic mass is 79.9. The van der Waals surface area contributed by atoms with Crippen LogP contribution >= 0.6 is 15.9 Å². The van der Waals surface area contributed by atoms with E-state index in [9.17, 15) is 0 Å². The van der Waals surface area contributed by atoms with Crippen LogP contribution < -0.4 is 0 Å². The average molecular weight is 335 g/mol. The Morgan fingerprint density at radius 1 is 1.15 bits per heavy atom. The van der Waals surface area contributed by atoms with Gasteiger partial charge in [-0.25, -0.2) is 4.68 Å². The van der Waals surface area contributed by atoms with Crippen LogP contribution in [0.2, 0.25) is 0 Å². The van der Waals surface area contributed by atoms with Crippen molar-refractivity contribution in [1.29, 1.82) is 0 Å². The quantitative estimate of drug-likeness (QED) is 0.723. The van der Waals surface area contributed by atoms with Gasteiger partial charge in [0, 0.05) is 17.8 Å². The van der Waals surface area contributed by atoms with Crippen molar-refractivity contribution < 1.29 is 4.42 Å². The maximum Gasteiger partial charge on any atom is 0.238 e. The summed E-state index contributed by atoms with van der Waals surface area (Å²) >= 11 is 3.41. The molecule has 0 spiro atoms. The Hall–Kier alpha value is -2.09. The summed E-state index contributed by atoms with van der Waals surface area (Å²) in [5.41, 5.74) is 1.13. The van der Waals surface area contributed by atoms with Crippen LogP contribution in [0, 0.1) is 6.92 Å². The smallest absolute Gasteiger partial charge is 0.238 e. The van der Waals surface area contributed by atoms with Gasteiger partial charge >= 0.3 is 0 Å². The standard InChI is InChI=1S/C12H11BrN6O/c1-8-14-16-12(20-8)7-19-11(15-17-18-19)6-9-2-4-10(13)5-3-9/h2-5H,6-7H2,1H3. The highest BCUT2D eigenvalue weighted by molar-refractivity contribution is 9.10. The fourth-order valence-electron chi connectivity index (χ4n) is 1.79. The summed E-state index contributed by atoms with van der Waals surface area (Å²) in [6.07, 6.45) is 0.646.